The first-order chi connectivity index (χ1) is 16.9. The number of ether oxygens (including phenoxy) is 1. The van der Waals surface area contributed by atoms with Crippen LogP contribution in [0.15, 0.2) is 24.3 Å². The van der Waals surface area contributed by atoms with Crippen molar-refractivity contribution in [2.45, 2.75) is 96.9 Å². The van der Waals surface area contributed by atoms with Crippen LogP contribution in [0.4, 0.5) is 4.79 Å². The Morgan fingerprint density at radius 1 is 1.11 bits per heavy atom. The monoisotopic (exact) mass is 505 g/mol. The highest BCUT2D eigenvalue weighted by Gasteiger charge is 2.38. The molecule has 2 atom stereocenters. The number of hydrogen-bond acceptors (Lipinski definition) is 6. The number of nitrogens with one attached hydrogen (secondary N) is 2. The molecule has 0 heterocycles. The number of amides is 3. The largest absolute Gasteiger partial charge is 0.508 e. The van der Waals surface area contributed by atoms with Gasteiger partial charge in [0.25, 0.3) is 0 Å². The number of phenols is 1. The Labute approximate surface area is 214 Å². The van der Waals surface area contributed by atoms with Gasteiger partial charge >= 0.3 is 6.09 Å². The average Bonchev–Trinajstić information content (AvgIpc) is 2.78. The molecule has 2 unspecified atom stereocenters. The van der Waals surface area contributed by atoms with E-state index in [1.165, 1.54) is 11.0 Å². The molecule has 0 aromatic heterocycles. The van der Waals surface area contributed by atoms with Gasteiger partial charge in [-0.15, -0.1) is 0 Å². The average molecular weight is 506 g/mol. The molecule has 9 nitrogen and oxygen atoms in total. The smallest absolute Gasteiger partial charge is 0.408 e. The first kappa shape index (κ1) is 29.4. The summed E-state index contributed by atoms with van der Waals surface area (Å²) in [5.74, 6) is -1.04. The highest BCUT2D eigenvalue weighted by Crippen LogP contribution is 2.31. The lowest BCUT2D eigenvalue weighted by Crippen LogP contribution is -2.54. The predicted octanol–water partition coefficient (Wildman–Crippen LogP) is 3.64. The summed E-state index contributed by atoms with van der Waals surface area (Å²) >= 11 is 0. The van der Waals surface area contributed by atoms with Crippen LogP contribution in [0.1, 0.15) is 84.7 Å². The fraction of sp³-hybridized carbons (Fsp3) is 0.667. The van der Waals surface area contributed by atoms with E-state index < -0.39 is 42.2 Å². The molecule has 1 aromatic rings. The van der Waals surface area contributed by atoms with Crippen molar-refractivity contribution in [1.29, 1.82) is 0 Å². The number of hydrogen-bond donors (Lipinski definition) is 4. The lowest BCUT2D eigenvalue weighted by molar-refractivity contribution is -0.143. The van der Waals surface area contributed by atoms with E-state index in [1.807, 2.05) is 13.8 Å². The molecule has 3 amide bonds. The third-order valence-corrected chi connectivity index (χ3v) is 6.06. The van der Waals surface area contributed by atoms with Gasteiger partial charge in [0.05, 0.1) is 6.61 Å². The number of aromatic hydroxyl groups is 1. The van der Waals surface area contributed by atoms with Gasteiger partial charge in [-0.2, -0.15) is 0 Å². The van der Waals surface area contributed by atoms with Gasteiger partial charge in [-0.1, -0.05) is 51.3 Å². The fourth-order valence-corrected chi connectivity index (χ4v) is 4.51. The molecule has 4 N–H and O–H groups in total. The van der Waals surface area contributed by atoms with Gasteiger partial charge in [0.2, 0.25) is 11.8 Å². The number of aliphatic hydroxyl groups is 1. The number of nitrogens with zero attached hydrogens (tertiary/aromatic N) is 1. The Balaban J connectivity index is 2.42. The van der Waals surface area contributed by atoms with E-state index in [0.717, 1.165) is 32.1 Å². The molecule has 0 radical (unpaired) electrons. The molecule has 202 valence electrons. The van der Waals surface area contributed by atoms with Gasteiger partial charge < -0.3 is 30.5 Å². The number of benzene rings is 1. The highest BCUT2D eigenvalue weighted by molar-refractivity contribution is 5.92. The summed E-state index contributed by atoms with van der Waals surface area (Å²) in [7, 11) is 0. The standard InChI is InChI=1S/C27H43N3O6/c1-18(2)17-21(29-26(35)36-27(3,4)5)25(34)30(15-16-31)23(20-13-9-10-14-22(20)32)24(33)28-19-11-7-6-8-12-19/h9-10,13-14,18-19,21,23,31-32H,6-8,11-12,15-17H2,1-5H3,(H,28,33)(H,29,35). The predicted molar refractivity (Wildman–Crippen MR) is 137 cm³/mol. The number of alkyl carbamates (subject to hydrolysis) is 1. The Bertz CT molecular complexity index is 877. The highest BCUT2D eigenvalue weighted by atomic mass is 16.6. The molecular formula is C27H43N3O6. The molecule has 0 aliphatic heterocycles. The Hall–Kier alpha value is -2.81. The molecular weight excluding hydrogens is 462 g/mol. The third kappa shape index (κ3) is 9.00. The van der Waals surface area contributed by atoms with Crippen LogP contribution in [-0.4, -0.2) is 63.9 Å². The van der Waals surface area contributed by atoms with Gasteiger partial charge in [0, 0.05) is 18.2 Å². The minimum atomic E-state index is -1.18. The van der Waals surface area contributed by atoms with Crippen molar-refractivity contribution in [3.8, 4) is 5.75 Å². The molecule has 1 saturated carbocycles. The Morgan fingerprint density at radius 3 is 2.31 bits per heavy atom. The second-order valence-corrected chi connectivity index (χ2v) is 10.9. The Kier molecular flexibility index (Phi) is 11.0. The number of para-hydroxylation sites is 1. The molecule has 2 rings (SSSR count). The van der Waals surface area contributed by atoms with E-state index in [9.17, 15) is 24.6 Å². The first-order valence-corrected chi connectivity index (χ1v) is 12.9. The summed E-state index contributed by atoms with van der Waals surface area (Å²) in [4.78, 5) is 41.3. The third-order valence-electron chi connectivity index (χ3n) is 6.06. The number of phenolic OH excluding ortho intramolecular Hbond substituents is 1. The van der Waals surface area contributed by atoms with E-state index >= 15 is 0 Å². The number of carbonyl (C=O) groups excluding carboxylic acids is 3. The molecule has 1 aliphatic carbocycles. The lowest BCUT2D eigenvalue weighted by Gasteiger charge is -2.36. The van der Waals surface area contributed by atoms with Crippen LogP contribution in [0.5, 0.6) is 5.75 Å². The zero-order chi connectivity index (χ0) is 26.9. The zero-order valence-corrected chi connectivity index (χ0v) is 22.3. The SMILES string of the molecule is CC(C)CC(NC(=O)OC(C)(C)C)C(=O)N(CCO)C(C(=O)NC1CCCCC1)c1ccccc1O. The Morgan fingerprint density at radius 2 is 1.75 bits per heavy atom. The minimum Gasteiger partial charge on any atom is -0.508 e. The fourth-order valence-electron chi connectivity index (χ4n) is 4.51. The van der Waals surface area contributed by atoms with Crippen molar-refractivity contribution in [3.05, 3.63) is 29.8 Å². The summed E-state index contributed by atoms with van der Waals surface area (Å²) in [5.41, 5.74) is -0.494. The maximum atomic E-state index is 13.9. The molecule has 36 heavy (non-hydrogen) atoms. The quantitative estimate of drug-likeness (QED) is 0.384. The maximum absolute atomic E-state index is 13.9. The second-order valence-electron chi connectivity index (χ2n) is 10.9. The number of aliphatic hydroxyl groups excluding tert-OH is 1. The molecule has 9 heteroatoms. The van der Waals surface area contributed by atoms with Crippen LogP contribution < -0.4 is 10.6 Å². The van der Waals surface area contributed by atoms with Gasteiger partial charge in [0.15, 0.2) is 0 Å². The van der Waals surface area contributed by atoms with E-state index in [4.69, 9.17) is 4.74 Å². The van der Waals surface area contributed by atoms with E-state index in [0.29, 0.717) is 6.42 Å². The summed E-state index contributed by atoms with van der Waals surface area (Å²) in [6.07, 6.45) is 4.42. The van der Waals surface area contributed by atoms with Crippen molar-refractivity contribution >= 4 is 17.9 Å². The molecule has 0 bridgehead atoms. The van der Waals surface area contributed by atoms with Gasteiger partial charge in [0.1, 0.15) is 23.4 Å². The summed E-state index contributed by atoms with van der Waals surface area (Å²) in [5, 5.41) is 26.2. The molecule has 0 spiro atoms. The van der Waals surface area contributed by atoms with Crippen molar-refractivity contribution in [3.63, 3.8) is 0 Å². The second kappa shape index (κ2) is 13.5. The van der Waals surface area contributed by atoms with E-state index in [2.05, 4.69) is 10.6 Å². The van der Waals surface area contributed by atoms with Crippen LogP contribution in [-0.2, 0) is 14.3 Å². The van der Waals surface area contributed by atoms with Crippen molar-refractivity contribution < 1.29 is 29.3 Å². The van der Waals surface area contributed by atoms with E-state index in [1.54, 1.807) is 39.0 Å². The van der Waals surface area contributed by atoms with Crippen LogP contribution >= 0.6 is 0 Å². The first-order valence-electron chi connectivity index (χ1n) is 12.9. The molecule has 1 aliphatic rings. The topological polar surface area (TPSA) is 128 Å². The van der Waals surface area contributed by atoms with Crippen molar-refractivity contribution in [2.75, 3.05) is 13.2 Å². The van der Waals surface area contributed by atoms with Gasteiger partial charge in [-0.25, -0.2) is 4.79 Å². The number of carbonyl (C=O) groups is 3. The van der Waals surface area contributed by atoms with Crippen LogP contribution in [0.25, 0.3) is 0 Å². The van der Waals surface area contributed by atoms with Crippen LogP contribution in [0, 0.1) is 5.92 Å². The summed E-state index contributed by atoms with van der Waals surface area (Å²) in [6.45, 7) is 8.48. The number of rotatable bonds is 10. The molecule has 1 fully saturated rings. The van der Waals surface area contributed by atoms with Gasteiger partial charge in [-0.05, 0) is 52.0 Å². The van der Waals surface area contributed by atoms with Crippen molar-refractivity contribution in [2.24, 2.45) is 5.92 Å². The molecule has 0 saturated heterocycles. The molecule has 1 aromatic carbocycles. The van der Waals surface area contributed by atoms with Crippen LogP contribution in [0.3, 0.4) is 0 Å². The minimum absolute atomic E-state index is 0.0166. The maximum Gasteiger partial charge on any atom is 0.408 e. The van der Waals surface area contributed by atoms with Crippen LogP contribution in [0.2, 0.25) is 0 Å². The lowest BCUT2D eigenvalue weighted by atomic mass is 9.94. The van der Waals surface area contributed by atoms with Gasteiger partial charge in [-0.3, -0.25) is 9.59 Å². The normalized spacial score (nSPS) is 16.2. The zero-order valence-electron chi connectivity index (χ0n) is 22.3. The summed E-state index contributed by atoms with van der Waals surface area (Å²) < 4.78 is 5.36. The van der Waals surface area contributed by atoms with E-state index in [-0.39, 0.29) is 29.8 Å². The summed E-state index contributed by atoms with van der Waals surface area (Å²) in [6, 6.07) is 4.20. The van der Waals surface area contributed by atoms with Crippen molar-refractivity contribution in [1.82, 2.24) is 15.5 Å².